The quantitative estimate of drug-likeness (QED) is 0.399. The van der Waals surface area contributed by atoms with Crippen molar-refractivity contribution in [3.63, 3.8) is 0 Å². The number of ether oxygens (including phenoxy) is 1. The molecule has 6 nitrogen and oxygen atoms in total. The number of nitrogens with one attached hydrogen (secondary N) is 2. The van der Waals surface area contributed by atoms with Gasteiger partial charge in [0, 0.05) is 35.3 Å². The lowest BCUT2D eigenvalue weighted by Gasteiger charge is -2.17. The molecule has 2 N–H and O–H groups in total. The Bertz CT molecular complexity index is 1380. The molecule has 4 aromatic rings. The van der Waals surface area contributed by atoms with E-state index in [0.29, 0.717) is 5.92 Å². The summed E-state index contributed by atoms with van der Waals surface area (Å²) in [6.45, 7) is 6.02. The fraction of sp³-hybridized carbons (Fsp3) is 0.250. The van der Waals surface area contributed by atoms with E-state index in [4.69, 9.17) is 4.74 Å². The van der Waals surface area contributed by atoms with Crippen LogP contribution in [0.1, 0.15) is 29.7 Å². The van der Waals surface area contributed by atoms with Gasteiger partial charge in [-0.15, -0.1) is 0 Å². The van der Waals surface area contributed by atoms with E-state index in [1.165, 1.54) is 6.42 Å². The van der Waals surface area contributed by atoms with Gasteiger partial charge >= 0.3 is 0 Å². The van der Waals surface area contributed by atoms with Gasteiger partial charge in [0.1, 0.15) is 23.6 Å². The van der Waals surface area contributed by atoms with E-state index in [0.717, 1.165) is 70.2 Å². The van der Waals surface area contributed by atoms with Gasteiger partial charge in [0.2, 0.25) is 0 Å². The molecule has 0 radical (unpaired) electrons. The largest absolute Gasteiger partial charge is 0.455 e. The number of hydrogen-bond donors (Lipinski definition) is 2. The number of anilines is 2. The zero-order valence-electron chi connectivity index (χ0n) is 19.4. The minimum absolute atomic E-state index is 0.410. The van der Waals surface area contributed by atoms with Crippen molar-refractivity contribution in [3.8, 4) is 23.3 Å². The standard InChI is InChI=1S/C28H27N5O/c1-19-15-23(10-12-26(19)34-27-6-4-14-30-20(27)2)33-28-24-16-21(9-11-25(24)31-18-32-28)7-8-22-5-3-13-29-17-22/h4,6,9-12,14-16,18,22,29H,3,5,13,17H2,1-2H3,(H,31,32,33). The van der Waals surface area contributed by atoms with Gasteiger partial charge in [0.05, 0.1) is 11.2 Å². The van der Waals surface area contributed by atoms with Crippen LogP contribution in [0.3, 0.4) is 0 Å². The number of aromatic nitrogens is 3. The number of nitrogens with zero attached hydrogens (tertiary/aromatic N) is 3. The monoisotopic (exact) mass is 449 g/mol. The van der Waals surface area contributed by atoms with Crippen molar-refractivity contribution < 1.29 is 4.74 Å². The van der Waals surface area contributed by atoms with Gasteiger partial charge < -0.3 is 15.4 Å². The molecule has 1 aliphatic rings. The van der Waals surface area contributed by atoms with Gasteiger partial charge in [0.15, 0.2) is 0 Å². The van der Waals surface area contributed by atoms with Gasteiger partial charge in [-0.3, -0.25) is 4.98 Å². The summed E-state index contributed by atoms with van der Waals surface area (Å²) in [5.74, 6) is 9.48. The predicted octanol–water partition coefficient (Wildman–Crippen LogP) is 5.53. The molecule has 0 aliphatic carbocycles. The summed E-state index contributed by atoms with van der Waals surface area (Å²) in [6, 6.07) is 15.9. The normalized spacial score (nSPS) is 15.4. The molecule has 1 atom stereocenters. The van der Waals surface area contributed by atoms with Crippen molar-refractivity contribution in [2.75, 3.05) is 18.4 Å². The molecule has 0 saturated carbocycles. The summed E-state index contributed by atoms with van der Waals surface area (Å²) in [6.07, 6.45) is 5.69. The maximum absolute atomic E-state index is 6.07. The molecular formula is C28H27N5O. The summed E-state index contributed by atoms with van der Waals surface area (Å²) in [5.41, 5.74) is 4.65. The first-order valence-electron chi connectivity index (χ1n) is 11.6. The molecule has 6 heteroatoms. The van der Waals surface area contributed by atoms with Crippen LogP contribution >= 0.6 is 0 Å². The van der Waals surface area contributed by atoms with Crippen molar-refractivity contribution in [1.82, 2.24) is 20.3 Å². The van der Waals surface area contributed by atoms with E-state index < -0.39 is 0 Å². The number of fused-ring (bicyclic) bond motifs is 1. The Morgan fingerprint density at radius 1 is 1.03 bits per heavy atom. The number of rotatable bonds is 4. The molecule has 0 amide bonds. The van der Waals surface area contributed by atoms with Crippen LogP contribution < -0.4 is 15.4 Å². The Morgan fingerprint density at radius 3 is 2.79 bits per heavy atom. The average molecular weight is 450 g/mol. The lowest BCUT2D eigenvalue weighted by atomic mass is 10.00. The molecular weight excluding hydrogens is 422 g/mol. The van der Waals surface area contributed by atoms with Crippen LogP contribution in [-0.4, -0.2) is 28.0 Å². The van der Waals surface area contributed by atoms with Crippen LogP contribution in [0.2, 0.25) is 0 Å². The van der Waals surface area contributed by atoms with Gasteiger partial charge in [-0.1, -0.05) is 11.8 Å². The smallest absolute Gasteiger partial charge is 0.148 e. The van der Waals surface area contributed by atoms with E-state index >= 15 is 0 Å². The summed E-state index contributed by atoms with van der Waals surface area (Å²) in [7, 11) is 0. The highest BCUT2D eigenvalue weighted by atomic mass is 16.5. The first-order chi connectivity index (χ1) is 16.7. The highest BCUT2D eigenvalue weighted by molar-refractivity contribution is 5.91. The molecule has 1 unspecified atom stereocenters. The van der Waals surface area contributed by atoms with Crippen LogP contribution in [0.4, 0.5) is 11.5 Å². The number of aryl methyl sites for hydroxylation is 2. The third-order valence-electron chi connectivity index (χ3n) is 5.97. The molecule has 34 heavy (non-hydrogen) atoms. The minimum atomic E-state index is 0.410. The molecule has 0 bridgehead atoms. The van der Waals surface area contributed by atoms with E-state index in [1.807, 2.05) is 50.2 Å². The third kappa shape index (κ3) is 5.00. The second-order valence-electron chi connectivity index (χ2n) is 8.56. The first-order valence-corrected chi connectivity index (χ1v) is 11.6. The van der Waals surface area contributed by atoms with E-state index in [2.05, 4.69) is 49.6 Å². The Labute approximate surface area is 199 Å². The molecule has 1 aliphatic heterocycles. The zero-order valence-corrected chi connectivity index (χ0v) is 19.4. The first kappa shape index (κ1) is 21.9. The number of pyridine rings is 1. The zero-order chi connectivity index (χ0) is 23.3. The highest BCUT2D eigenvalue weighted by Crippen LogP contribution is 2.30. The molecule has 3 heterocycles. The molecule has 2 aromatic heterocycles. The van der Waals surface area contributed by atoms with Crippen LogP contribution in [-0.2, 0) is 0 Å². The van der Waals surface area contributed by atoms with Crippen LogP contribution in [0.25, 0.3) is 10.9 Å². The number of benzene rings is 2. The maximum Gasteiger partial charge on any atom is 0.148 e. The lowest BCUT2D eigenvalue weighted by Crippen LogP contribution is -2.28. The average Bonchev–Trinajstić information content (AvgIpc) is 2.86. The van der Waals surface area contributed by atoms with Gasteiger partial charge in [-0.2, -0.15) is 0 Å². The molecule has 0 spiro atoms. The van der Waals surface area contributed by atoms with E-state index in [-0.39, 0.29) is 0 Å². The van der Waals surface area contributed by atoms with Crippen molar-refractivity contribution in [1.29, 1.82) is 0 Å². The fourth-order valence-electron chi connectivity index (χ4n) is 4.07. The summed E-state index contributed by atoms with van der Waals surface area (Å²) < 4.78 is 6.07. The Hall–Kier alpha value is -3.95. The minimum Gasteiger partial charge on any atom is -0.455 e. The van der Waals surface area contributed by atoms with Gasteiger partial charge in [0.25, 0.3) is 0 Å². The fourth-order valence-corrected chi connectivity index (χ4v) is 4.07. The second-order valence-corrected chi connectivity index (χ2v) is 8.56. The van der Waals surface area contributed by atoms with Crippen molar-refractivity contribution in [3.05, 3.63) is 77.9 Å². The molecule has 5 rings (SSSR count). The van der Waals surface area contributed by atoms with Crippen molar-refractivity contribution >= 4 is 22.4 Å². The van der Waals surface area contributed by atoms with Crippen molar-refractivity contribution in [2.24, 2.45) is 5.92 Å². The second kappa shape index (κ2) is 9.90. The van der Waals surface area contributed by atoms with Crippen LogP contribution in [0.5, 0.6) is 11.5 Å². The molecule has 1 fully saturated rings. The van der Waals surface area contributed by atoms with Gasteiger partial charge in [-0.05, 0) is 87.3 Å². The van der Waals surface area contributed by atoms with Crippen molar-refractivity contribution in [2.45, 2.75) is 26.7 Å². The molecule has 2 aromatic carbocycles. The Balaban J connectivity index is 1.38. The molecule has 1 saturated heterocycles. The summed E-state index contributed by atoms with van der Waals surface area (Å²) >= 11 is 0. The van der Waals surface area contributed by atoms with Crippen LogP contribution in [0, 0.1) is 31.6 Å². The molecule has 170 valence electrons. The van der Waals surface area contributed by atoms with E-state index in [1.54, 1.807) is 12.5 Å². The Kier molecular flexibility index (Phi) is 6.37. The van der Waals surface area contributed by atoms with E-state index in [9.17, 15) is 0 Å². The number of hydrogen-bond acceptors (Lipinski definition) is 6. The summed E-state index contributed by atoms with van der Waals surface area (Å²) in [5, 5.41) is 7.81. The third-order valence-corrected chi connectivity index (χ3v) is 5.97. The topological polar surface area (TPSA) is 72.0 Å². The highest BCUT2D eigenvalue weighted by Gasteiger charge is 2.10. The maximum atomic E-state index is 6.07. The summed E-state index contributed by atoms with van der Waals surface area (Å²) in [4.78, 5) is 13.2. The van der Waals surface area contributed by atoms with Crippen LogP contribution in [0.15, 0.2) is 61.1 Å². The van der Waals surface area contributed by atoms with Gasteiger partial charge in [-0.25, -0.2) is 9.97 Å². The SMILES string of the molecule is Cc1cc(Nc2ncnc3ccc(C#CC4CCCNC4)cc23)ccc1Oc1cccnc1C. The number of piperidine rings is 1. The predicted molar refractivity (Wildman–Crippen MR) is 136 cm³/mol. The Morgan fingerprint density at radius 2 is 1.97 bits per heavy atom. The lowest BCUT2D eigenvalue weighted by molar-refractivity contribution is 0.449.